The zero-order valence-electron chi connectivity index (χ0n) is 16.5. The van der Waals surface area contributed by atoms with Crippen LogP contribution >= 0.6 is 0 Å². The van der Waals surface area contributed by atoms with Crippen LogP contribution in [0.3, 0.4) is 0 Å². The van der Waals surface area contributed by atoms with Gasteiger partial charge in [0, 0.05) is 37.1 Å². The van der Waals surface area contributed by atoms with Crippen LogP contribution in [-0.2, 0) is 6.54 Å². The van der Waals surface area contributed by atoms with Crippen molar-refractivity contribution in [3.63, 3.8) is 0 Å². The molecule has 0 fully saturated rings. The molecule has 2 heterocycles. The SMILES string of the molecule is CN(C)CCCNc1nc(NCc2ccc(F)c(F)c2)cc(-c2cccnc2)n1. The molecule has 29 heavy (non-hydrogen) atoms. The molecule has 3 rings (SSSR count). The standard InChI is InChI=1S/C21H24F2N6/c1-29(2)10-4-9-25-21-27-19(16-5-3-8-24-14-16)12-20(28-21)26-13-15-6-7-17(22)18(23)11-15/h3,5-8,11-12,14H,4,9-10,13H2,1-2H3,(H2,25,26,27,28). The zero-order valence-corrected chi connectivity index (χ0v) is 16.5. The Bertz CT molecular complexity index is 934. The van der Waals surface area contributed by atoms with Gasteiger partial charge in [0.25, 0.3) is 0 Å². The van der Waals surface area contributed by atoms with Crippen LogP contribution in [0.25, 0.3) is 11.3 Å². The van der Waals surface area contributed by atoms with Crippen molar-refractivity contribution in [1.82, 2.24) is 19.9 Å². The van der Waals surface area contributed by atoms with E-state index in [1.807, 2.05) is 32.3 Å². The lowest BCUT2D eigenvalue weighted by Gasteiger charge is -2.13. The van der Waals surface area contributed by atoms with Gasteiger partial charge in [-0.2, -0.15) is 4.98 Å². The molecule has 0 aliphatic carbocycles. The summed E-state index contributed by atoms with van der Waals surface area (Å²) in [7, 11) is 4.06. The fourth-order valence-corrected chi connectivity index (χ4v) is 2.72. The van der Waals surface area contributed by atoms with Crippen molar-refractivity contribution in [3.05, 3.63) is 66.0 Å². The number of nitrogens with zero attached hydrogens (tertiary/aromatic N) is 4. The highest BCUT2D eigenvalue weighted by molar-refractivity contribution is 5.63. The fourth-order valence-electron chi connectivity index (χ4n) is 2.72. The van der Waals surface area contributed by atoms with Gasteiger partial charge in [-0.05, 0) is 56.9 Å². The number of halogens is 2. The highest BCUT2D eigenvalue weighted by atomic mass is 19.2. The molecule has 0 bridgehead atoms. The normalized spacial score (nSPS) is 10.9. The second kappa shape index (κ2) is 9.88. The highest BCUT2D eigenvalue weighted by Gasteiger charge is 2.08. The molecule has 0 saturated carbocycles. The van der Waals surface area contributed by atoms with Crippen molar-refractivity contribution < 1.29 is 8.78 Å². The second-order valence-electron chi connectivity index (χ2n) is 6.89. The number of aromatic nitrogens is 3. The van der Waals surface area contributed by atoms with Gasteiger partial charge in [0.05, 0.1) is 5.69 Å². The first-order valence-corrected chi connectivity index (χ1v) is 9.37. The van der Waals surface area contributed by atoms with E-state index in [4.69, 9.17) is 0 Å². The molecule has 2 aromatic heterocycles. The predicted molar refractivity (Wildman–Crippen MR) is 111 cm³/mol. The Morgan fingerprint density at radius 3 is 2.59 bits per heavy atom. The smallest absolute Gasteiger partial charge is 0.225 e. The van der Waals surface area contributed by atoms with E-state index in [1.54, 1.807) is 12.4 Å². The van der Waals surface area contributed by atoms with E-state index in [0.29, 0.717) is 23.9 Å². The van der Waals surface area contributed by atoms with Gasteiger partial charge in [0.1, 0.15) is 5.82 Å². The third-order valence-corrected chi connectivity index (χ3v) is 4.21. The number of pyridine rings is 1. The lowest BCUT2D eigenvalue weighted by molar-refractivity contribution is 0.405. The second-order valence-corrected chi connectivity index (χ2v) is 6.89. The topological polar surface area (TPSA) is 66.0 Å². The molecule has 0 spiro atoms. The maximum Gasteiger partial charge on any atom is 0.225 e. The Balaban J connectivity index is 1.76. The van der Waals surface area contributed by atoms with E-state index in [2.05, 4.69) is 30.5 Å². The van der Waals surface area contributed by atoms with Crippen molar-refractivity contribution >= 4 is 11.8 Å². The minimum Gasteiger partial charge on any atom is -0.366 e. The number of hydrogen-bond acceptors (Lipinski definition) is 6. The van der Waals surface area contributed by atoms with Crippen LogP contribution in [0, 0.1) is 11.6 Å². The first-order chi connectivity index (χ1) is 14.0. The summed E-state index contributed by atoms with van der Waals surface area (Å²) in [6, 6.07) is 9.40. The molecule has 0 saturated heterocycles. The van der Waals surface area contributed by atoms with E-state index >= 15 is 0 Å². The lowest BCUT2D eigenvalue weighted by Crippen LogP contribution is -2.17. The van der Waals surface area contributed by atoms with E-state index < -0.39 is 11.6 Å². The van der Waals surface area contributed by atoms with Crippen LogP contribution in [0.5, 0.6) is 0 Å². The van der Waals surface area contributed by atoms with Gasteiger partial charge in [0.2, 0.25) is 5.95 Å². The summed E-state index contributed by atoms with van der Waals surface area (Å²) in [4.78, 5) is 15.3. The molecule has 0 atom stereocenters. The van der Waals surface area contributed by atoms with Crippen LogP contribution in [0.1, 0.15) is 12.0 Å². The molecular weight excluding hydrogens is 374 g/mol. The van der Waals surface area contributed by atoms with Crippen molar-refractivity contribution in [1.29, 1.82) is 0 Å². The zero-order chi connectivity index (χ0) is 20.6. The van der Waals surface area contributed by atoms with Gasteiger partial charge in [-0.1, -0.05) is 6.07 Å². The van der Waals surface area contributed by atoms with Crippen LogP contribution in [-0.4, -0.2) is 47.0 Å². The molecule has 6 nitrogen and oxygen atoms in total. The number of anilines is 2. The minimum atomic E-state index is -0.869. The average molecular weight is 398 g/mol. The van der Waals surface area contributed by atoms with Crippen LogP contribution in [0.4, 0.5) is 20.5 Å². The predicted octanol–water partition coefficient (Wildman–Crippen LogP) is 3.79. The van der Waals surface area contributed by atoms with Gasteiger partial charge in [-0.3, -0.25) is 4.98 Å². The van der Waals surface area contributed by atoms with E-state index in [1.165, 1.54) is 12.1 Å². The summed E-state index contributed by atoms with van der Waals surface area (Å²) >= 11 is 0. The average Bonchev–Trinajstić information content (AvgIpc) is 2.72. The van der Waals surface area contributed by atoms with Crippen molar-refractivity contribution in [2.24, 2.45) is 0 Å². The molecule has 0 aliphatic heterocycles. The summed E-state index contributed by atoms with van der Waals surface area (Å²) in [5, 5.41) is 6.40. The Kier molecular flexibility index (Phi) is 7.02. The number of rotatable bonds is 9. The summed E-state index contributed by atoms with van der Waals surface area (Å²) in [5.74, 6) is -0.651. The molecule has 0 unspecified atom stereocenters. The molecule has 3 aromatic rings. The molecular formula is C21H24F2N6. The van der Waals surface area contributed by atoms with Gasteiger partial charge >= 0.3 is 0 Å². The molecule has 1 aromatic carbocycles. The lowest BCUT2D eigenvalue weighted by atomic mass is 10.2. The van der Waals surface area contributed by atoms with Gasteiger partial charge in [0.15, 0.2) is 11.6 Å². The Morgan fingerprint density at radius 1 is 1.00 bits per heavy atom. The Morgan fingerprint density at radius 2 is 1.86 bits per heavy atom. The van der Waals surface area contributed by atoms with Gasteiger partial charge < -0.3 is 15.5 Å². The summed E-state index contributed by atoms with van der Waals surface area (Å²) in [6.07, 6.45) is 4.38. The van der Waals surface area contributed by atoms with Crippen LogP contribution < -0.4 is 10.6 Å². The number of benzene rings is 1. The van der Waals surface area contributed by atoms with E-state index in [0.717, 1.165) is 36.8 Å². The Labute approximate surface area is 169 Å². The van der Waals surface area contributed by atoms with Crippen molar-refractivity contribution in [3.8, 4) is 11.3 Å². The monoisotopic (exact) mass is 398 g/mol. The summed E-state index contributed by atoms with van der Waals surface area (Å²) < 4.78 is 26.6. The highest BCUT2D eigenvalue weighted by Crippen LogP contribution is 2.21. The molecule has 0 amide bonds. The van der Waals surface area contributed by atoms with Crippen LogP contribution in [0.2, 0.25) is 0 Å². The number of hydrogen-bond donors (Lipinski definition) is 2. The van der Waals surface area contributed by atoms with E-state index in [-0.39, 0.29) is 0 Å². The summed E-state index contributed by atoms with van der Waals surface area (Å²) in [6.45, 7) is 1.99. The third-order valence-electron chi connectivity index (χ3n) is 4.21. The fraction of sp³-hybridized carbons (Fsp3) is 0.286. The molecule has 0 radical (unpaired) electrons. The first kappa shape index (κ1) is 20.6. The van der Waals surface area contributed by atoms with E-state index in [9.17, 15) is 8.78 Å². The third kappa shape index (κ3) is 6.18. The molecule has 152 valence electrons. The maximum absolute atomic E-state index is 13.4. The van der Waals surface area contributed by atoms with Crippen LogP contribution in [0.15, 0.2) is 48.8 Å². The molecule has 0 aliphatic rings. The first-order valence-electron chi connectivity index (χ1n) is 9.37. The maximum atomic E-state index is 13.4. The minimum absolute atomic E-state index is 0.306. The van der Waals surface area contributed by atoms with Crippen molar-refractivity contribution in [2.45, 2.75) is 13.0 Å². The number of nitrogens with one attached hydrogen (secondary N) is 2. The van der Waals surface area contributed by atoms with Gasteiger partial charge in [-0.15, -0.1) is 0 Å². The molecule has 8 heteroatoms. The summed E-state index contributed by atoms with van der Waals surface area (Å²) in [5.41, 5.74) is 2.20. The quantitative estimate of drug-likeness (QED) is 0.535. The van der Waals surface area contributed by atoms with Crippen molar-refractivity contribution in [2.75, 3.05) is 37.8 Å². The molecule has 2 N–H and O–H groups in total. The largest absolute Gasteiger partial charge is 0.366 e. The van der Waals surface area contributed by atoms with Gasteiger partial charge in [-0.25, -0.2) is 13.8 Å². The Hall–Kier alpha value is -3.13.